The Morgan fingerprint density at radius 2 is 0.923 bits per heavy atom. The fourth-order valence-electron chi connectivity index (χ4n) is 7.06. The topological polar surface area (TPSA) is 211 Å². The zero-order valence-corrected chi connectivity index (χ0v) is 27.1. The predicted octanol–water partition coefficient (Wildman–Crippen LogP) is 3.98. The van der Waals surface area contributed by atoms with Crippen LogP contribution >= 0.6 is 0 Å². The highest BCUT2D eigenvalue weighted by atomic mass is 16.6. The third-order valence-corrected chi connectivity index (χ3v) is 9.43. The third-order valence-electron chi connectivity index (χ3n) is 9.43. The van der Waals surface area contributed by atoms with Crippen LogP contribution in [0.3, 0.4) is 0 Å². The smallest absolute Gasteiger partial charge is 0.270 e. The number of rotatable bonds is 11. The van der Waals surface area contributed by atoms with Crippen LogP contribution in [0.25, 0.3) is 43.4 Å². The number of imide groups is 2. The van der Waals surface area contributed by atoms with E-state index in [0.29, 0.717) is 56.4 Å². The highest BCUT2D eigenvalue weighted by Crippen LogP contribution is 2.39. The standard InChI is InChI=1S/C36H26N8O8/c45-33-25-15-19(43(49)50)13-23-21-3-1-5-39-29(21)17-27(31(23)25)35(47)41(33)11-9-37-7-8-38-10-12-42-34(46)26-16-20(44(51)52)14-24-22-4-2-6-40-30(22)18-28(32(24)26)36(42)48/h1-6,13-18,37-38H,7-12H2. The number of hydrogen-bond acceptors (Lipinski definition) is 12. The van der Waals surface area contributed by atoms with Gasteiger partial charge in [0.15, 0.2) is 0 Å². The minimum atomic E-state index is -0.628. The molecule has 0 saturated heterocycles. The summed E-state index contributed by atoms with van der Waals surface area (Å²) in [5.41, 5.74) is 1.06. The van der Waals surface area contributed by atoms with E-state index in [9.17, 15) is 39.4 Å². The van der Waals surface area contributed by atoms with Crippen LogP contribution in [0.4, 0.5) is 11.4 Å². The first-order valence-corrected chi connectivity index (χ1v) is 16.3. The number of carbonyl (C=O) groups excluding carboxylic acids is 4. The Bertz CT molecular complexity index is 2430. The van der Waals surface area contributed by atoms with E-state index in [1.807, 2.05) is 0 Å². The van der Waals surface area contributed by atoms with Crippen LogP contribution in [-0.2, 0) is 0 Å². The maximum absolute atomic E-state index is 13.5. The molecule has 4 amide bonds. The van der Waals surface area contributed by atoms with Crippen LogP contribution in [0.2, 0.25) is 0 Å². The number of hydrogen-bond donors (Lipinski definition) is 2. The van der Waals surface area contributed by atoms with Gasteiger partial charge in [0, 0.05) is 97.5 Å². The zero-order chi connectivity index (χ0) is 36.3. The van der Waals surface area contributed by atoms with E-state index in [4.69, 9.17) is 0 Å². The summed E-state index contributed by atoms with van der Waals surface area (Å²) >= 11 is 0. The van der Waals surface area contributed by atoms with E-state index in [1.54, 1.807) is 48.8 Å². The van der Waals surface area contributed by atoms with Crippen molar-refractivity contribution in [2.75, 3.05) is 39.3 Å². The number of carbonyl (C=O) groups is 4. The lowest BCUT2D eigenvalue weighted by Gasteiger charge is -2.28. The fraction of sp³-hybridized carbons (Fsp3) is 0.167. The summed E-state index contributed by atoms with van der Waals surface area (Å²) in [5.74, 6) is -2.30. The van der Waals surface area contributed by atoms with E-state index in [-0.39, 0.29) is 59.8 Å². The molecule has 0 radical (unpaired) electrons. The minimum absolute atomic E-state index is 0.00103. The van der Waals surface area contributed by atoms with Gasteiger partial charge < -0.3 is 10.6 Å². The van der Waals surface area contributed by atoms with Crippen molar-refractivity contribution in [1.29, 1.82) is 0 Å². The average molecular weight is 699 g/mol. The lowest BCUT2D eigenvalue weighted by molar-refractivity contribution is -0.384. The van der Waals surface area contributed by atoms with Crippen molar-refractivity contribution in [3.05, 3.63) is 116 Å². The second-order valence-electron chi connectivity index (χ2n) is 12.4. The van der Waals surface area contributed by atoms with Gasteiger partial charge in [-0.3, -0.25) is 59.2 Å². The average Bonchev–Trinajstić information content (AvgIpc) is 3.15. The van der Waals surface area contributed by atoms with Gasteiger partial charge in [0.05, 0.1) is 43.1 Å². The van der Waals surface area contributed by atoms with Crippen LogP contribution in [0.15, 0.2) is 73.1 Å². The Hall–Kier alpha value is -6.78. The summed E-state index contributed by atoms with van der Waals surface area (Å²) in [7, 11) is 0. The Morgan fingerprint density at radius 3 is 1.31 bits per heavy atom. The molecule has 2 N–H and O–H groups in total. The number of nitro benzene ring substituents is 2. The molecule has 2 aliphatic rings. The molecule has 0 saturated carbocycles. The van der Waals surface area contributed by atoms with Crippen molar-refractivity contribution < 1.29 is 29.0 Å². The lowest BCUT2D eigenvalue weighted by Crippen LogP contribution is -2.45. The Labute approximate surface area is 292 Å². The summed E-state index contributed by atoms with van der Waals surface area (Å²) in [6, 6.07) is 15.2. The Morgan fingerprint density at radius 1 is 0.538 bits per heavy atom. The quantitative estimate of drug-likeness (QED) is 0.0647. The number of fused-ring (bicyclic) bond motifs is 4. The Balaban J connectivity index is 0.904. The van der Waals surface area contributed by atoms with Crippen LogP contribution in [-0.4, -0.2) is 92.5 Å². The van der Waals surface area contributed by atoms with Crippen molar-refractivity contribution in [3.8, 4) is 0 Å². The fourth-order valence-corrected chi connectivity index (χ4v) is 7.06. The summed E-state index contributed by atoms with van der Waals surface area (Å²) in [5, 5.41) is 32.5. The molecule has 4 aromatic carbocycles. The lowest BCUT2D eigenvalue weighted by atomic mass is 9.91. The van der Waals surface area contributed by atoms with Crippen LogP contribution in [0.5, 0.6) is 0 Å². The van der Waals surface area contributed by atoms with Gasteiger partial charge in [-0.05, 0) is 35.0 Å². The number of benzene rings is 4. The maximum Gasteiger partial charge on any atom is 0.270 e. The molecule has 2 aliphatic heterocycles. The molecular formula is C36H26N8O8. The SMILES string of the molecule is O=C1c2cc([N+](=O)[O-])cc3c2c(cc2ncccc23)C(=O)N1CCNCCNCCN1C(=O)c2cc([N+](=O)[O-])cc3c2c(cc2ncccc23)C1=O. The van der Waals surface area contributed by atoms with E-state index in [1.165, 1.54) is 24.3 Å². The molecule has 6 aromatic rings. The maximum atomic E-state index is 13.5. The van der Waals surface area contributed by atoms with Gasteiger partial charge >= 0.3 is 0 Å². The summed E-state index contributed by atoms with van der Waals surface area (Å²) in [6.45, 7) is 1.25. The predicted molar refractivity (Wildman–Crippen MR) is 188 cm³/mol. The van der Waals surface area contributed by atoms with Gasteiger partial charge in [0.25, 0.3) is 35.0 Å². The minimum Gasteiger partial charge on any atom is -0.314 e. The van der Waals surface area contributed by atoms with Crippen molar-refractivity contribution in [2.45, 2.75) is 0 Å². The van der Waals surface area contributed by atoms with Gasteiger partial charge in [0.1, 0.15) is 0 Å². The number of aromatic nitrogens is 2. The Kier molecular flexibility index (Phi) is 7.81. The monoisotopic (exact) mass is 698 g/mol. The first-order chi connectivity index (χ1) is 25.1. The van der Waals surface area contributed by atoms with Gasteiger partial charge in [-0.2, -0.15) is 0 Å². The normalized spacial score (nSPS) is 14.0. The molecule has 2 aromatic heterocycles. The highest BCUT2D eigenvalue weighted by molar-refractivity contribution is 6.30. The number of nitrogens with zero attached hydrogens (tertiary/aromatic N) is 6. The molecule has 0 bridgehead atoms. The number of pyridine rings is 2. The van der Waals surface area contributed by atoms with Gasteiger partial charge in [0.2, 0.25) is 0 Å². The van der Waals surface area contributed by atoms with Gasteiger partial charge in [-0.1, -0.05) is 12.1 Å². The second kappa shape index (κ2) is 12.5. The third kappa shape index (κ3) is 5.16. The molecule has 0 spiro atoms. The van der Waals surface area contributed by atoms with E-state index in [2.05, 4.69) is 20.6 Å². The molecule has 0 unspecified atom stereocenters. The molecule has 16 heteroatoms. The molecule has 52 heavy (non-hydrogen) atoms. The number of non-ortho nitro benzene ring substituents is 2. The van der Waals surface area contributed by atoms with Crippen molar-refractivity contribution >= 4 is 78.4 Å². The molecule has 0 atom stereocenters. The summed E-state index contributed by atoms with van der Waals surface area (Å²) in [4.78, 5) is 87.2. The van der Waals surface area contributed by atoms with Crippen molar-refractivity contribution in [1.82, 2.24) is 30.4 Å². The van der Waals surface area contributed by atoms with Crippen LogP contribution in [0, 0.1) is 20.2 Å². The summed E-state index contributed by atoms with van der Waals surface area (Å²) in [6.07, 6.45) is 3.12. The van der Waals surface area contributed by atoms with Gasteiger partial charge in [-0.15, -0.1) is 0 Å². The first-order valence-electron chi connectivity index (χ1n) is 16.3. The first kappa shape index (κ1) is 32.4. The van der Waals surface area contributed by atoms with Gasteiger partial charge in [-0.25, -0.2) is 0 Å². The molecule has 258 valence electrons. The zero-order valence-electron chi connectivity index (χ0n) is 27.1. The number of amides is 4. The van der Waals surface area contributed by atoms with E-state index in [0.717, 1.165) is 9.80 Å². The van der Waals surface area contributed by atoms with E-state index < -0.39 is 33.5 Å². The molecule has 16 nitrogen and oxygen atoms in total. The van der Waals surface area contributed by atoms with Crippen LogP contribution in [0.1, 0.15) is 41.4 Å². The molecule has 4 heterocycles. The van der Waals surface area contributed by atoms with Crippen molar-refractivity contribution in [2.24, 2.45) is 0 Å². The molecular weight excluding hydrogens is 672 g/mol. The molecule has 0 fully saturated rings. The second-order valence-corrected chi connectivity index (χ2v) is 12.4. The highest BCUT2D eigenvalue weighted by Gasteiger charge is 2.36. The van der Waals surface area contributed by atoms with Crippen LogP contribution < -0.4 is 10.6 Å². The van der Waals surface area contributed by atoms with E-state index >= 15 is 0 Å². The largest absolute Gasteiger partial charge is 0.314 e. The number of nitro groups is 2. The molecule has 8 rings (SSSR count). The number of nitrogens with one attached hydrogen (secondary N) is 2. The summed E-state index contributed by atoms with van der Waals surface area (Å²) < 4.78 is 0. The molecule has 0 aliphatic carbocycles. The van der Waals surface area contributed by atoms with Crippen molar-refractivity contribution in [3.63, 3.8) is 0 Å².